The van der Waals surface area contributed by atoms with Crippen molar-refractivity contribution in [3.63, 3.8) is 0 Å². The van der Waals surface area contributed by atoms with Crippen molar-refractivity contribution in [3.8, 4) is 5.75 Å². The summed E-state index contributed by atoms with van der Waals surface area (Å²) in [6, 6.07) is 5.89. The molecular weight excluding hydrogens is 222 g/mol. The van der Waals surface area contributed by atoms with Crippen molar-refractivity contribution >= 4 is 11.6 Å². The van der Waals surface area contributed by atoms with E-state index in [9.17, 15) is 0 Å². The van der Waals surface area contributed by atoms with Crippen LogP contribution in [0.5, 0.6) is 5.75 Å². The predicted molar refractivity (Wildman–Crippen MR) is 67.3 cm³/mol. The van der Waals surface area contributed by atoms with Gasteiger partial charge in [-0.05, 0) is 56.1 Å². The molecule has 3 heteroatoms. The lowest BCUT2D eigenvalue weighted by molar-refractivity contribution is 0.161. The van der Waals surface area contributed by atoms with Crippen molar-refractivity contribution in [3.05, 3.63) is 28.8 Å². The third-order valence-corrected chi connectivity index (χ3v) is 3.22. The van der Waals surface area contributed by atoms with Crippen LogP contribution in [0.1, 0.15) is 25.3 Å². The Morgan fingerprint density at radius 3 is 2.81 bits per heavy atom. The summed E-state index contributed by atoms with van der Waals surface area (Å²) in [6.07, 6.45) is 3.49. The van der Waals surface area contributed by atoms with Crippen molar-refractivity contribution in [2.24, 2.45) is 0 Å². The van der Waals surface area contributed by atoms with Crippen molar-refractivity contribution in [1.29, 1.82) is 0 Å². The summed E-state index contributed by atoms with van der Waals surface area (Å²) < 4.78 is 6.03. The molecule has 0 atom stereocenters. The van der Waals surface area contributed by atoms with Crippen LogP contribution < -0.4 is 10.1 Å². The third kappa shape index (κ3) is 2.89. The fourth-order valence-electron chi connectivity index (χ4n) is 2.03. The van der Waals surface area contributed by atoms with Gasteiger partial charge in [0.1, 0.15) is 11.9 Å². The van der Waals surface area contributed by atoms with Crippen LogP contribution in [0.4, 0.5) is 0 Å². The van der Waals surface area contributed by atoms with Gasteiger partial charge in [0.25, 0.3) is 0 Å². The molecule has 88 valence electrons. The van der Waals surface area contributed by atoms with E-state index in [4.69, 9.17) is 16.3 Å². The Balaban J connectivity index is 2.07. The minimum absolute atomic E-state index is 0.354. The summed E-state index contributed by atoms with van der Waals surface area (Å²) in [5, 5.41) is 4.12. The second kappa shape index (κ2) is 5.55. The second-order valence-electron chi connectivity index (χ2n) is 4.17. The first-order valence-electron chi connectivity index (χ1n) is 5.95. The van der Waals surface area contributed by atoms with Gasteiger partial charge in [-0.1, -0.05) is 18.5 Å². The molecule has 1 saturated heterocycles. The zero-order valence-corrected chi connectivity index (χ0v) is 10.4. The molecule has 1 aliphatic heterocycles. The Kier molecular flexibility index (Phi) is 4.08. The van der Waals surface area contributed by atoms with Gasteiger partial charge >= 0.3 is 0 Å². The highest BCUT2D eigenvalue weighted by atomic mass is 35.5. The van der Waals surface area contributed by atoms with E-state index < -0.39 is 0 Å². The average molecular weight is 240 g/mol. The third-order valence-electron chi connectivity index (χ3n) is 2.98. The topological polar surface area (TPSA) is 21.3 Å². The Labute approximate surface area is 102 Å². The van der Waals surface area contributed by atoms with Gasteiger partial charge < -0.3 is 10.1 Å². The van der Waals surface area contributed by atoms with E-state index in [1.54, 1.807) is 0 Å². The first-order valence-corrected chi connectivity index (χ1v) is 6.33. The molecule has 2 rings (SSSR count). The van der Waals surface area contributed by atoms with Gasteiger partial charge in [-0.3, -0.25) is 0 Å². The molecular formula is C13H18ClNO. The summed E-state index contributed by atoms with van der Waals surface area (Å²) >= 11 is 5.97. The second-order valence-corrected chi connectivity index (χ2v) is 4.61. The van der Waals surface area contributed by atoms with Gasteiger partial charge in [-0.15, -0.1) is 0 Å². The Bertz CT molecular complexity index is 348. The number of aryl methyl sites for hydroxylation is 1. The lowest BCUT2D eigenvalue weighted by Gasteiger charge is -2.25. The molecule has 0 radical (unpaired) electrons. The summed E-state index contributed by atoms with van der Waals surface area (Å²) in [5.41, 5.74) is 1.20. The number of nitrogens with one attached hydrogen (secondary N) is 1. The van der Waals surface area contributed by atoms with Gasteiger partial charge in [0.15, 0.2) is 0 Å². The predicted octanol–water partition coefficient (Wildman–Crippen LogP) is 3.03. The summed E-state index contributed by atoms with van der Waals surface area (Å²) in [6.45, 7) is 4.24. The molecule has 16 heavy (non-hydrogen) atoms. The van der Waals surface area contributed by atoms with E-state index in [-0.39, 0.29) is 0 Å². The van der Waals surface area contributed by atoms with Crippen LogP contribution >= 0.6 is 11.6 Å². The van der Waals surface area contributed by atoms with Crippen molar-refractivity contribution in [2.75, 3.05) is 13.1 Å². The highest BCUT2D eigenvalue weighted by Crippen LogP contribution is 2.25. The molecule has 0 amide bonds. The molecule has 1 heterocycles. The average Bonchev–Trinajstić information content (AvgIpc) is 2.33. The maximum Gasteiger partial charge on any atom is 0.122 e. The fourth-order valence-corrected chi connectivity index (χ4v) is 2.23. The Morgan fingerprint density at radius 1 is 1.38 bits per heavy atom. The maximum absolute atomic E-state index is 6.03. The monoisotopic (exact) mass is 239 g/mol. The molecule has 1 aliphatic rings. The molecule has 1 fully saturated rings. The van der Waals surface area contributed by atoms with E-state index >= 15 is 0 Å². The molecule has 1 N–H and O–H groups in total. The van der Waals surface area contributed by atoms with Crippen LogP contribution in [0.15, 0.2) is 18.2 Å². The number of benzene rings is 1. The van der Waals surface area contributed by atoms with Crippen LogP contribution in [0, 0.1) is 0 Å². The maximum atomic E-state index is 6.03. The number of hydrogen-bond donors (Lipinski definition) is 1. The largest absolute Gasteiger partial charge is 0.490 e. The fraction of sp³-hybridized carbons (Fsp3) is 0.538. The highest BCUT2D eigenvalue weighted by molar-refractivity contribution is 6.30. The summed E-state index contributed by atoms with van der Waals surface area (Å²) in [4.78, 5) is 0. The minimum Gasteiger partial charge on any atom is -0.490 e. The molecule has 1 aromatic carbocycles. The van der Waals surface area contributed by atoms with Crippen molar-refractivity contribution in [1.82, 2.24) is 5.32 Å². The van der Waals surface area contributed by atoms with Crippen molar-refractivity contribution < 1.29 is 4.74 Å². The van der Waals surface area contributed by atoms with Gasteiger partial charge in [0, 0.05) is 5.02 Å². The van der Waals surface area contributed by atoms with Crippen LogP contribution in [0.2, 0.25) is 5.02 Å². The number of piperidine rings is 1. The lowest BCUT2D eigenvalue weighted by Crippen LogP contribution is -2.34. The first-order chi connectivity index (χ1) is 7.79. The van der Waals surface area contributed by atoms with Crippen LogP contribution in [-0.4, -0.2) is 19.2 Å². The lowest BCUT2D eigenvalue weighted by atomic mass is 10.1. The SMILES string of the molecule is CCc1cc(Cl)ccc1OC1CCNCC1. The number of halogens is 1. The normalized spacial score (nSPS) is 17.4. The Hall–Kier alpha value is -0.730. The number of rotatable bonds is 3. The Morgan fingerprint density at radius 2 is 2.12 bits per heavy atom. The molecule has 0 aliphatic carbocycles. The van der Waals surface area contributed by atoms with E-state index in [1.807, 2.05) is 18.2 Å². The van der Waals surface area contributed by atoms with E-state index in [0.29, 0.717) is 6.10 Å². The van der Waals surface area contributed by atoms with Crippen LogP contribution in [-0.2, 0) is 6.42 Å². The molecule has 1 aromatic rings. The van der Waals surface area contributed by atoms with Crippen LogP contribution in [0.25, 0.3) is 0 Å². The summed E-state index contributed by atoms with van der Waals surface area (Å²) in [7, 11) is 0. The number of ether oxygens (including phenoxy) is 1. The standard InChI is InChI=1S/C13H18ClNO/c1-2-10-9-11(14)3-4-13(10)16-12-5-7-15-8-6-12/h3-4,9,12,15H,2,5-8H2,1H3. The molecule has 0 unspecified atom stereocenters. The van der Waals surface area contributed by atoms with E-state index in [2.05, 4.69) is 12.2 Å². The van der Waals surface area contributed by atoms with Gasteiger partial charge in [0.2, 0.25) is 0 Å². The van der Waals surface area contributed by atoms with Crippen LogP contribution in [0.3, 0.4) is 0 Å². The van der Waals surface area contributed by atoms with Gasteiger partial charge in [0.05, 0.1) is 0 Å². The van der Waals surface area contributed by atoms with E-state index in [0.717, 1.165) is 43.1 Å². The molecule has 2 nitrogen and oxygen atoms in total. The minimum atomic E-state index is 0.354. The zero-order chi connectivity index (χ0) is 11.4. The zero-order valence-electron chi connectivity index (χ0n) is 9.63. The van der Waals surface area contributed by atoms with Crippen molar-refractivity contribution in [2.45, 2.75) is 32.3 Å². The summed E-state index contributed by atoms with van der Waals surface area (Å²) in [5.74, 6) is 0.999. The first kappa shape index (κ1) is 11.7. The molecule has 0 aromatic heterocycles. The quantitative estimate of drug-likeness (QED) is 0.876. The molecule has 0 spiro atoms. The van der Waals surface area contributed by atoms with Gasteiger partial charge in [-0.25, -0.2) is 0 Å². The van der Waals surface area contributed by atoms with E-state index in [1.165, 1.54) is 5.56 Å². The number of hydrogen-bond acceptors (Lipinski definition) is 2. The molecule has 0 bridgehead atoms. The smallest absolute Gasteiger partial charge is 0.122 e. The molecule has 0 saturated carbocycles. The van der Waals surface area contributed by atoms with Gasteiger partial charge in [-0.2, -0.15) is 0 Å². The highest BCUT2D eigenvalue weighted by Gasteiger charge is 2.15.